The van der Waals surface area contributed by atoms with Gasteiger partial charge in [0.25, 0.3) is 5.91 Å². The number of nitrogens with zero attached hydrogens (tertiary/aromatic N) is 4. The normalized spacial score (nSPS) is 12.2. The van der Waals surface area contributed by atoms with E-state index in [2.05, 4.69) is 20.6 Å². The molecule has 0 radical (unpaired) electrons. The third kappa shape index (κ3) is 4.52. The van der Waals surface area contributed by atoms with Crippen LogP contribution in [0.5, 0.6) is 5.75 Å². The van der Waals surface area contributed by atoms with E-state index in [9.17, 15) is 18.0 Å². The first-order valence-corrected chi connectivity index (χ1v) is 9.87. The van der Waals surface area contributed by atoms with Crippen LogP contribution in [0.4, 0.5) is 19.0 Å². The second-order valence-corrected chi connectivity index (χ2v) is 8.33. The molecular weight excluding hydrogens is 439 g/mol. The van der Waals surface area contributed by atoms with Gasteiger partial charge in [0, 0.05) is 23.1 Å². The van der Waals surface area contributed by atoms with Crippen molar-refractivity contribution in [2.24, 2.45) is 0 Å². The number of ether oxygens (including phenoxy) is 1. The fourth-order valence-electron chi connectivity index (χ4n) is 3.06. The van der Waals surface area contributed by atoms with Gasteiger partial charge in [0.2, 0.25) is 0 Å². The van der Waals surface area contributed by atoms with Crippen molar-refractivity contribution >= 4 is 17.4 Å². The Hall–Kier alpha value is -3.89. The number of carbonyl (C=O) groups excluding carboxylic acids is 1. The molecule has 0 saturated heterocycles. The minimum Gasteiger partial charge on any atom is -0.497 e. The molecule has 1 aromatic carbocycles. The molecule has 33 heavy (non-hydrogen) atoms. The summed E-state index contributed by atoms with van der Waals surface area (Å²) in [4.78, 5) is 16.9. The summed E-state index contributed by atoms with van der Waals surface area (Å²) in [6.07, 6.45) is -4.73. The number of carbonyl (C=O) groups is 1. The Bertz CT molecular complexity index is 1320. The highest BCUT2D eigenvalue weighted by molar-refractivity contribution is 6.03. The topological polar surface area (TPSA) is 94.6 Å². The summed E-state index contributed by atoms with van der Waals surface area (Å²) in [6.45, 7) is 5.73. The lowest BCUT2D eigenvalue weighted by atomic mass is 9.93. The van der Waals surface area contributed by atoms with E-state index < -0.39 is 17.8 Å². The standard InChI is InChI=1S/C22H20F3N5O3/c1-21(2,3)17-11-18(29-33-17)27-20(31)15-10-19-26-14(12-5-7-13(32-4)8-6-12)9-16(22(23,24)25)30(19)28-15/h5-11H,1-4H3,(H,27,29,31). The lowest BCUT2D eigenvalue weighted by Crippen LogP contribution is -2.16. The summed E-state index contributed by atoms with van der Waals surface area (Å²) in [6, 6.07) is 10.0. The van der Waals surface area contributed by atoms with Crippen molar-refractivity contribution < 1.29 is 27.2 Å². The highest BCUT2D eigenvalue weighted by Crippen LogP contribution is 2.33. The zero-order valence-corrected chi connectivity index (χ0v) is 18.2. The van der Waals surface area contributed by atoms with E-state index in [-0.39, 0.29) is 28.3 Å². The van der Waals surface area contributed by atoms with Gasteiger partial charge < -0.3 is 14.6 Å². The quantitative estimate of drug-likeness (QED) is 0.464. The first-order valence-electron chi connectivity index (χ1n) is 9.87. The smallest absolute Gasteiger partial charge is 0.433 e. The number of hydrogen-bond acceptors (Lipinski definition) is 6. The van der Waals surface area contributed by atoms with Gasteiger partial charge in [-0.05, 0) is 30.3 Å². The highest BCUT2D eigenvalue weighted by Gasteiger charge is 2.35. The third-order valence-electron chi connectivity index (χ3n) is 4.83. The predicted molar refractivity (Wildman–Crippen MR) is 113 cm³/mol. The second kappa shape index (κ2) is 7.91. The van der Waals surface area contributed by atoms with Crippen LogP contribution in [0.15, 0.2) is 47.0 Å². The van der Waals surface area contributed by atoms with Crippen LogP contribution in [-0.4, -0.2) is 32.8 Å². The molecule has 0 saturated carbocycles. The van der Waals surface area contributed by atoms with Crippen LogP contribution in [-0.2, 0) is 11.6 Å². The number of alkyl halides is 3. The Balaban J connectivity index is 1.72. The number of benzene rings is 1. The molecule has 3 aromatic heterocycles. The average molecular weight is 459 g/mol. The molecule has 3 heterocycles. The van der Waals surface area contributed by atoms with Gasteiger partial charge in [-0.3, -0.25) is 4.79 Å². The SMILES string of the molecule is COc1ccc(-c2cc(C(F)(F)F)n3nc(C(=O)Nc4cc(C(C)(C)C)on4)cc3n2)cc1. The number of anilines is 1. The predicted octanol–water partition coefficient (Wildman–Crippen LogP) is 4.96. The van der Waals surface area contributed by atoms with Gasteiger partial charge in [-0.25, -0.2) is 9.50 Å². The maximum absolute atomic E-state index is 13.8. The van der Waals surface area contributed by atoms with Crippen molar-refractivity contribution in [3.05, 3.63) is 59.6 Å². The van der Waals surface area contributed by atoms with Crippen molar-refractivity contribution in [2.75, 3.05) is 12.4 Å². The van der Waals surface area contributed by atoms with Crippen LogP contribution in [0.3, 0.4) is 0 Å². The van der Waals surface area contributed by atoms with E-state index >= 15 is 0 Å². The molecule has 0 aliphatic carbocycles. The molecule has 1 N–H and O–H groups in total. The van der Waals surface area contributed by atoms with Gasteiger partial charge >= 0.3 is 6.18 Å². The summed E-state index contributed by atoms with van der Waals surface area (Å²) in [7, 11) is 1.49. The third-order valence-corrected chi connectivity index (χ3v) is 4.83. The Morgan fingerprint density at radius 1 is 1.09 bits per heavy atom. The lowest BCUT2D eigenvalue weighted by molar-refractivity contribution is -0.142. The van der Waals surface area contributed by atoms with Crippen LogP contribution in [0.25, 0.3) is 16.9 Å². The number of halogens is 3. The molecule has 0 aliphatic heterocycles. The van der Waals surface area contributed by atoms with Gasteiger partial charge in [0.15, 0.2) is 22.9 Å². The molecule has 0 fully saturated rings. The van der Waals surface area contributed by atoms with Gasteiger partial charge in [-0.2, -0.15) is 18.3 Å². The molecule has 1 amide bonds. The van der Waals surface area contributed by atoms with E-state index in [0.29, 0.717) is 21.6 Å². The number of amides is 1. The molecule has 4 rings (SSSR count). The molecule has 8 nitrogen and oxygen atoms in total. The number of fused-ring (bicyclic) bond motifs is 1. The van der Waals surface area contributed by atoms with Gasteiger partial charge in [0.05, 0.1) is 12.8 Å². The van der Waals surface area contributed by atoms with Crippen molar-refractivity contribution in [3.63, 3.8) is 0 Å². The maximum Gasteiger partial charge on any atom is 0.433 e. The minimum atomic E-state index is -4.73. The van der Waals surface area contributed by atoms with Crippen molar-refractivity contribution in [1.82, 2.24) is 19.8 Å². The number of hydrogen-bond donors (Lipinski definition) is 1. The number of nitrogens with one attached hydrogen (secondary N) is 1. The highest BCUT2D eigenvalue weighted by atomic mass is 19.4. The summed E-state index contributed by atoms with van der Waals surface area (Å²) in [5.74, 6) is 0.484. The molecule has 0 aliphatic rings. The van der Waals surface area contributed by atoms with Crippen LogP contribution < -0.4 is 10.1 Å². The molecule has 4 aromatic rings. The van der Waals surface area contributed by atoms with E-state index in [1.165, 1.54) is 13.2 Å². The largest absolute Gasteiger partial charge is 0.497 e. The van der Waals surface area contributed by atoms with E-state index in [0.717, 1.165) is 6.07 Å². The van der Waals surface area contributed by atoms with E-state index in [4.69, 9.17) is 9.26 Å². The Kier molecular flexibility index (Phi) is 5.35. The van der Waals surface area contributed by atoms with E-state index in [1.807, 2.05) is 20.8 Å². The summed E-state index contributed by atoms with van der Waals surface area (Å²) >= 11 is 0. The summed E-state index contributed by atoms with van der Waals surface area (Å²) < 4.78 is 52.2. The Morgan fingerprint density at radius 3 is 2.36 bits per heavy atom. The minimum absolute atomic E-state index is 0.0793. The summed E-state index contributed by atoms with van der Waals surface area (Å²) in [5.41, 5.74) is -1.24. The fourth-order valence-corrected chi connectivity index (χ4v) is 3.06. The molecular formula is C22H20F3N5O3. The monoisotopic (exact) mass is 459 g/mol. The lowest BCUT2D eigenvalue weighted by Gasteiger charge is -2.11. The van der Waals surface area contributed by atoms with Gasteiger partial charge in [-0.15, -0.1) is 0 Å². The molecule has 11 heteroatoms. The molecule has 0 atom stereocenters. The van der Waals surface area contributed by atoms with Crippen LogP contribution in [0.1, 0.15) is 42.7 Å². The fraction of sp³-hybridized carbons (Fsp3) is 0.273. The van der Waals surface area contributed by atoms with Crippen molar-refractivity contribution in [2.45, 2.75) is 32.4 Å². The number of aromatic nitrogens is 4. The van der Waals surface area contributed by atoms with Crippen molar-refractivity contribution in [3.8, 4) is 17.0 Å². The number of methoxy groups -OCH3 is 1. The summed E-state index contributed by atoms with van der Waals surface area (Å²) in [5, 5.41) is 10.1. The maximum atomic E-state index is 13.8. The van der Waals surface area contributed by atoms with Crippen LogP contribution in [0, 0.1) is 0 Å². The molecule has 172 valence electrons. The van der Waals surface area contributed by atoms with Crippen molar-refractivity contribution in [1.29, 1.82) is 0 Å². The average Bonchev–Trinajstić information content (AvgIpc) is 3.39. The zero-order chi connectivity index (χ0) is 24.0. The van der Waals surface area contributed by atoms with E-state index in [1.54, 1.807) is 30.3 Å². The van der Waals surface area contributed by atoms with Gasteiger partial charge in [0.1, 0.15) is 11.5 Å². The number of rotatable bonds is 4. The Morgan fingerprint density at radius 2 is 1.79 bits per heavy atom. The first kappa shape index (κ1) is 22.3. The molecule has 0 bridgehead atoms. The zero-order valence-electron chi connectivity index (χ0n) is 18.2. The molecule has 0 spiro atoms. The van der Waals surface area contributed by atoms with Crippen LogP contribution in [0.2, 0.25) is 0 Å². The van der Waals surface area contributed by atoms with Gasteiger partial charge in [-0.1, -0.05) is 25.9 Å². The first-order chi connectivity index (χ1) is 15.5. The molecule has 0 unspecified atom stereocenters. The second-order valence-electron chi connectivity index (χ2n) is 8.33. The Labute approximate surface area is 186 Å². The van der Waals surface area contributed by atoms with Crippen LogP contribution >= 0.6 is 0 Å².